The molecule has 1 N–H and O–H groups in total. The van der Waals surface area contributed by atoms with Crippen LogP contribution >= 0.6 is 0 Å². The van der Waals surface area contributed by atoms with Crippen LogP contribution in [0.2, 0.25) is 0 Å². The van der Waals surface area contributed by atoms with E-state index in [1.165, 1.54) is 32.4 Å². The van der Waals surface area contributed by atoms with Crippen LogP contribution in [0.4, 0.5) is 5.69 Å². The number of rotatable bonds is 8. The number of hydrogen-bond acceptors (Lipinski definition) is 9. The third kappa shape index (κ3) is 4.50. The van der Waals surface area contributed by atoms with E-state index in [0.29, 0.717) is 17.1 Å². The van der Waals surface area contributed by atoms with Crippen molar-refractivity contribution in [2.24, 2.45) is 0 Å². The SMILES string of the molecule is COc1ccc(-c2noc(CNS(=O)(=O)c3cccc([N+](=O)[O-])c3)n2)c(OC)c1. The molecule has 152 valence electrons. The summed E-state index contributed by atoms with van der Waals surface area (Å²) in [4.78, 5) is 14.1. The normalized spacial score (nSPS) is 11.2. The third-order valence-corrected chi connectivity index (χ3v) is 5.27. The Morgan fingerprint density at radius 1 is 1.17 bits per heavy atom. The summed E-state index contributed by atoms with van der Waals surface area (Å²) < 4.78 is 42.5. The molecule has 0 amide bonds. The number of hydrogen-bond donors (Lipinski definition) is 1. The fourth-order valence-corrected chi connectivity index (χ4v) is 3.44. The molecule has 0 saturated heterocycles. The molecule has 0 saturated carbocycles. The molecule has 29 heavy (non-hydrogen) atoms. The second-order valence-electron chi connectivity index (χ2n) is 5.66. The van der Waals surface area contributed by atoms with Crippen LogP contribution in [0, 0.1) is 10.1 Å². The Labute approximate surface area is 165 Å². The van der Waals surface area contributed by atoms with Gasteiger partial charge in [-0.15, -0.1) is 0 Å². The summed E-state index contributed by atoms with van der Waals surface area (Å²) in [6, 6.07) is 9.72. The smallest absolute Gasteiger partial charge is 0.270 e. The third-order valence-electron chi connectivity index (χ3n) is 3.87. The molecular formula is C17H16N4O7S. The van der Waals surface area contributed by atoms with Gasteiger partial charge >= 0.3 is 0 Å². The van der Waals surface area contributed by atoms with E-state index in [0.717, 1.165) is 6.07 Å². The van der Waals surface area contributed by atoms with Gasteiger partial charge in [0.15, 0.2) is 0 Å². The van der Waals surface area contributed by atoms with Crippen molar-refractivity contribution in [3.05, 3.63) is 58.5 Å². The zero-order valence-electron chi connectivity index (χ0n) is 15.4. The first-order chi connectivity index (χ1) is 13.8. The number of sulfonamides is 1. The molecule has 11 nitrogen and oxygen atoms in total. The summed E-state index contributed by atoms with van der Waals surface area (Å²) in [6.45, 7) is -0.295. The monoisotopic (exact) mass is 420 g/mol. The molecule has 12 heteroatoms. The molecule has 0 unspecified atom stereocenters. The van der Waals surface area contributed by atoms with Crippen molar-refractivity contribution in [1.29, 1.82) is 0 Å². The average Bonchev–Trinajstić information content (AvgIpc) is 3.20. The van der Waals surface area contributed by atoms with Crippen LogP contribution in [0.15, 0.2) is 51.9 Å². The number of ether oxygens (including phenoxy) is 2. The van der Waals surface area contributed by atoms with Gasteiger partial charge in [-0.25, -0.2) is 13.1 Å². The van der Waals surface area contributed by atoms with E-state index in [9.17, 15) is 18.5 Å². The van der Waals surface area contributed by atoms with Crippen molar-refractivity contribution in [3.8, 4) is 22.9 Å². The second kappa shape index (κ2) is 8.24. The van der Waals surface area contributed by atoms with Crippen molar-refractivity contribution in [2.45, 2.75) is 11.4 Å². The van der Waals surface area contributed by atoms with Crippen molar-refractivity contribution >= 4 is 15.7 Å². The first kappa shape index (κ1) is 20.2. The lowest BCUT2D eigenvalue weighted by molar-refractivity contribution is -0.385. The summed E-state index contributed by atoms with van der Waals surface area (Å²) in [7, 11) is -1.01. The van der Waals surface area contributed by atoms with Crippen molar-refractivity contribution < 1.29 is 27.3 Å². The van der Waals surface area contributed by atoms with Crippen LogP contribution < -0.4 is 14.2 Å². The first-order valence-electron chi connectivity index (χ1n) is 8.13. The maximum atomic E-state index is 12.4. The van der Waals surface area contributed by atoms with E-state index in [1.54, 1.807) is 18.2 Å². The Bertz CT molecular complexity index is 1140. The summed E-state index contributed by atoms with van der Waals surface area (Å²) in [5.74, 6) is 1.24. The van der Waals surface area contributed by atoms with E-state index in [1.807, 2.05) is 0 Å². The minimum Gasteiger partial charge on any atom is -0.497 e. The summed E-state index contributed by atoms with van der Waals surface area (Å²) in [6.07, 6.45) is 0. The summed E-state index contributed by atoms with van der Waals surface area (Å²) >= 11 is 0. The maximum Gasteiger partial charge on any atom is 0.270 e. The molecule has 0 bridgehead atoms. The lowest BCUT2D eigenvalue weighted by Crippen LogP contribution is -2.23. The maximum absolute atomic E-state index is 12.4. The molecule has 1 aromatic heterocycles. The fraction of sp³-hybridized carbons (Fsp3) is 0.176. The Kier molecular flexibility index (Phi) is 5.75. The highest BCUT2D eigenvalue weighted by molar-refractivity contribution is 7.89. The standard InChI is InChI=1S/C17H16N4O7S/c1-26-12-6-7-14(15(9-12)27-2)17-19-16(28-20-17)10-18-29(24,25)13-5-3-4-11(8-13)21(22)23/h3-9,18H,10H2,1-2H3. The number of nitrogens with one attached hydrogen (secondary N) is 1. The lowest BCUT2D eigenvalue weighted by atomic mass is 10.2. The fourth-order valence-electron chi connectivity index (χ4n) is 2.42. The van der Waals surface area contributed by atoms with Crippen LogP contribution in [0.5, 0.6) is 11.5 Å². The van der Waals surface area contributed by atoms with Gasteiger partial charge in [0.1, 0.15) is 11.5 Å². The van der Waals surface area contributed by atoms with Crippen LogP contribution in [0.25, 0.3) is 11.4 Å². The van der Waals surface area contributed by atoms with Gasteiger partial charge in [-0.05, 0) is 18.2 Å². The van der Waals surface area contributed by atoms with Crippen molar-refractivity contribution in [1.82, 2.24) is 14.9 Å². The number of nitro groups is 1. The van der Waals surface area contributed by atoms with Crippen LogP contribution in [0.3, 0.4) is 0 Å². The second-order valence-corrected chi connectivity index (χ2v) is 7.42. The van der Waals surface area contributed by atoms with Crippen LogP contribution in [-0.2, 0) is 16.6 Å². The highest BCUT2D eigenvalue weighted by Crippen LogP contribution is 2.31. The number of aromatic nitrogens is 2. The molecule has 3 aromatic rings. The van der Waals surface area contributed by atoms with Gasteiger partial charge in [0.25, 0.3) is 5.69 Å². The highest BCUT2D eigenvalue weighted by Gasteiger charge is 2.20. The molecule has 2 aromatic carbocycles. The molecule has 0 fully saturated rings. The molecule has 0 aliphatic heterocycles. The zero-order valence-corrected chi connectivity index (χ0v) is 16.2. The first-order valence-corrected chi connectivity index (χ1v) is 9.61. The van der Waals surface area contributed by atoms with E-state index in [4.69, 9.17) is 14.0 Å². The topological polar surface area (TPSA) is 147 Å². The van der Waals surface area contributed by atoms with Gasteiger partial charge in [0.05, 0.1) is 36.1 Å². The van der Waals surface area contributed by atoms with Gasteiger partial charge in [-0.1, -0.05) is 11.2 Å². The predicted octanol–water partition coefficient (Wildman–Crippen LogP) is 2.14. The molecule has 0 aliphatic rings. The summed E-state index contributed by atoms with van der Waals surface area (Å²) in [5.41, 5.74) is 0.199. The Balaban J connectivity index is 1.77. The molecular weight excluding hydrogens is 404 g/mol. The van der Waals surface area contributed by atoms with E-state index < -0.39 is 14.9 Å². The quantitative estimate of drug-likeness (QED) is 0.427. The minimum atomic E-state index is -4.02. The molecule has 0 atom stereocenters. The molecule has 0 aliphatic carbocycles. The number of methoxy groups -OCH3 is 2. The van der Waals surface area contributed by atoms with Crippen LogP contribution in [-0.4, -0.2) is 37.7 Å². The molecule has 0 spiro atoms. The van der Waals surface area contributed by atoms with Gasteiger partial charge in [-0.3, -0.25) is 10.1 Å². The number of nitro benzene ring substituents is 1. The Morgan fingerprint density at radius 2 is 1.97 bits per heavy atom. The zero-order chi connectivity index (χ0) is 21.0. The van der Waals surface area contributed by atoms with Gasteiger partial charge in [0, 0.05) is 18.2 Å². The lowest BCUT2D eigenvalue weighted by Gasteiger charge is -2.07. The van der Waals surface area contributed by atoms with E-state index >= 15 is 0 Å². The van der Waals surface area contributed by atoms with Gasteiger partial charge in [0.2, 0.25) is 21.7 Å². The van der Waals surface area contributed by atoms with Crippen molar-refractivity contribution in [3.63, 3.8) is 0 Å². The number of benzene rings is 2. The van der Waals surface area contributed by atoms with E-state index in [-0.39, 0.29) is 28.8 Å². The molecule has 1 heterocycles. The Morgan fingerprint density at radius 3 is 2.66 bits per heavy atom. The van der Waals surface area contributed by atoms with Gasteiger partial charge in [-0.2, -0.15) is 4.98 Å². The molecule has 0 radical (unpaired) electrons. The predicted molar refractivity (Wildman–Crippen MR) is 100.0 cm³/mol. The number of nitrogens with zero attached hydrogens (tertiary/aromatic N) is 3. The average molecular weight is 420 g/mol. The van der Waals surface area contributed by atoms with Crippen LogP contribution in [0.1, 0.15) is 5.89 Å². The largest absolute Gasteiger partial charge is 0.497 e. The van der Waals surface area contributed by atoms with Gasteiger partial charge < -0.3 is 14.0 Å². The van der Waals surface area contributed by atoms with Crippen molar-refractivity contribution in [2.75, 3.05) is 14.2 Å². The minimum absolute atomic E-state index is 0.00637. The molecule has 3 rings (SSSR count). The highest BCUT2D eigenvalue weighted by atomic mass is 32.2. The van der Waals surface area contributed by atoms with E-state index in [2.05, 4.69) is 14.9 Å². The summed E-state index contributed by atoms with van der Waals surface area (Å²) in [5, 5.41) is 14.7. The Hall–Kier alpha value is -3.51. The number of non-ortho nitro benzene ring substituents is 1.